The van der Waals surface area contributed by atoms with Gasteiger partial charge in [-0.25, -0.2) is 18.8 Å². The molecule has 0 radical (unpaired) electrons. The molecule has 16 nitrogen and oxygen atoms in total. The van der Waals surface area contributed by atoms with E-state index in [1.54, 1.807) is 67.6 Å². The summed E-state index contributed by atoms with van der Waals surface area (Å²) in [6.07, 6.45) is 1.92. The first-order valence-corrected chi connectivity index (χ1v) is 26.3. The molecule has 0 aliphatic heterocycles. The van der Waals surface area contributed by atoms with E-state index in [0.717, 1.165) is 16.7 Å². The molecular formula is C56H66FN4O12P. The number of carbonyl (C=O) groups is 6. The van der Waals surface area contributed by atoms with Gasteiger partial charge in [-0.1, -0.05) is 128 Å². The van der Waals surface area contributed by atoms with Gasteiger partial charge in [-0.2, -0.15) is 0 Å². The minimum Gasteiger partial charge on any atom is -0.461 e. The average Bonchev–Trinajstić information content (AvgIpc) is 3.42. The molecule has 0 aliphatic rings. The van der Waals surface area contributed by atoms with E-state index in [2.05, 4.69) is 21.0 Å². The zero-order valence-corrected chi connectivity index (χ0v) is 42.5. The number of carbonyl (C=O) groups excluding carboxylic acids is 6. The molecule has 0 saturated carbocycles. The minimum absolute atomic E-state index is 0.0242. The molecule has 0 aromatic heterocycles. The number of hydrogen-bond acceptors (Lipinski definition) is 12. The Morgan fingerprint density at radius 1 is 0.514 bits per heavy atom. The van der Waals surface area contributed by atoms with Crippen molar-refractivity contribution in [3.8, 4) is 0 Å². The Kier molecular flexibility index (Phi) is 25.2. The van der Waals surface area contributed by atoms with Gasteiger partial charge >= 0.3 is 25.7 Å². The summed E-state index contributed by atoms with van der Waals surface area (Å²) in [7, 11) is -4.29. The molecule has 0 heterocycles. The third-order valence-electron chi connectivity index (χ3n) is 11.4. The molecule has 4 atom stereocenters. The number of hydrogen-bond donors (Lipinski definition) is 4. The normalized spacial score (nSPS) is 13.0. The topological polar surface area (TPSA) is 214 Å². The lowest BCUT2D eigenvalue weighted by molar-refractivity contribution is -0.150. The fourth-order valence-corrected chi connectivity index (χ4v) is 8.81. The molecule has 74 heavy (non-hydrogen) atoms. The maximum absolute atomic E-state index is 14.5. The van der Waals surface area contributed by atoms with Crippen molar-refractivity contribution in [2.24, 2.45) is 0 Å². The van der Waals surface area contributed by atoms with Gasteiger partial charge in [-0.3, -0.25) is 33.0 Å². The third kappa shape index (κ3) is 22.8. The summed E-state index contributed by atoms with van der Waals surface area (Å²) >= 11 is 0. The highest BCUT2D eigenvalue weighted by Gasteiger charge is 2.34. The van der Waals surface area contributed by atoms with Crippen LogP contribution >= 0.6 is 7.75 Å². The largest absolute Gasteiger partial charge is 0.461 e. The highest BCUT2D eigenvalue weighted by molar-refractivity contribution is 7.51. The lowest BCUT2D eigenvalue weighted by Gasteiger charge is -2.25. The fraction of sp³-hybridized carbons (Fsp3) is 0.357. The van der Waals surface area contributed by atoms with Crippen LogP contribution in [0.4, 0.5) is 4.39 Å². The quantitative estimate of drug-likeness (QED) is 0.0134. The smallest absolute Gasteiger partial charge is 0.406 e. The summed E-state index contributed by atoms with van der Waals surface area (Å²) in [5.41, 5.74) is 3.29. The van der Waals surface area contributed by atoms with E-state index in [1.807, 2.05) is 60.7 Å². The molecule has 5 rings (SSSR count). The first kappa shape index (κ1) is 57.9. The number of amides is 3. The minimum atomic E-state index is -4.29. The zero-order valence-electron chi connectivity index (χ0n) is 41.6. The van der Waals surface area contributed by atoms with Gasteiger partial charge in [0.05, 0.1) is 13.2 Å². The van der Waals surface area contributed by atoms with Gasteiger partial charge in [0.1, 0.15) is 37.7 Å². The molecule has 3 amide bonds. The first-order valence-electron chi connectivity index (χ1n) is 24.8. The SMILES string of the molecule is CC(CCCOP(=O)(NC(CCC(=O)OCc1ccccc1)C(=O)OCc1ccccc1)OCc1ccccc1)NC(=O)CCC(NC(=O)CCCCCNC(=O)c1ccc(F)cc1)C(=O)OCc1ccccc1. The van der Waals surface area contributed by atoms with Crippen molar-refractivity contribution in [1.29, 1.82) is 0 Å². The van der Waals surface area contributed by atoms with Gasteiger partial charge < -0.3 is 30.2 Å². The van der Waals surface area contributed by atoms with Gasteiger partial charge in [-0.05, 0) is 92.0 Å². The third-order valence-corrected chi connectivity index (χ3v) is 13.0. The average molecular weight is 1040 g/mol. The maximum Gasteiger partial charge on any atom is 0.406 e. The maximum atomic E-state index is 14.5. The number of esters is 3. The van der Waals surface area contributed by atoms with Crippen LogP contribution in [0.5, 0.6) is 0 Å². The summed E-state index contributed by atoms with van der Waals surface area (Å²) in [6.45, 7) is 1.83. The summed E-state index contributed by atoms with van der Waals surface area (Å²) in [5, 5.41) is 11.1. The molecule has 5 aromatic rings. The lowest BCUT2D eigenvalue weighted by atomic mass is 10.1. The second-order valence-corrected chi connectivity index (χ2v) is 19.3. The summed E-state index contributed by atoms with van der Waals surface area (Å²) < 4.78 is 56.1. The van der Waals surface area contributed by atoms with Crippen molar-refractivity contribution in [3.63, 3.8) is 0 Å². The second-order valence-electron chi connectivity index (χ2n) is 17.5. The van der Waals surface area contributed by atoms with Crippen molar-refractivity contribution < 1.29 is 61.0 Å². The van der Waals surface area contributed by atoms with E-state index < -0.39 is 55.5 Å². The van der Waals surface area contributed by atoms with Crippen molar-refractivity contribution in [2.75, 3.05) is 13.2 Å². The van der Waals surface area contributed by atoms with Gasteiger partial charge in [0.2, 0.25) is 11.8 Å². The van der Waals surface area contributed by atoms with Gasteiger partial charge in [-0.15, -0.1) is 0 Å². The van der Waals surface area contributed by atoms with E-state index in [9.17, 15) is 37.7 Å². The molecule has 0 spiro atoms. The Morgan fingerprint density at radius 3 is 1.58 bits per heavy atom. The number of ether oxygens (including phenoxy) is 3. The second kappa shape index (κ2) is 32.2. The molecule has 0 saturated heterocycles. The van der Waals surface area contributed by atoms with E-state index >= 15 is 0 Å². The highest BCUT2D eigenvalue weighted by Crippen LogP contribution is 2.46. The van der Waals surface area contributed by atoms with Crippen LogP contribution in [0.3, 0.4) is 0 Å². The predicted octanol–water partition coefficient (Wildman–Crippen LogP) is 8.98. The Labute approximate surface area is 432 Å². The standard InChI is InChI=1S/C56H66FN4O12P/c1-42(59-52(63)34-32-49(55(66)70-39-44-21-9-3-10-22-44)60-51(62)27-15-6-16-36-58-54(65)47-28-30-48(57)31-29-47)18-17-37-72-74(68,73-41-46-25-13-5-14-26-46)61-50(56(67)71-40-45-23-11-4-12-24-45)33-35-53(64)69-38-43-19-7-2-8-20-43/h2-5,7-14,19-26,28-31,42,49-50H,6,15-18,27,32-41H2,1H3,(H,58,65)(H,59,63)(H,60,62)(H,61,68). The predicted molar refractivity (Wildman–Crippen MR) is 275 cm³/mol. The molecule has 0 aliphatic carbocycles. The monoisotopic (exact) mass is 1040 g/mol. The van der Waals surface area contributed by atoms with Crippen LogP contribution in [0.25, 0.3) is 0 Å². The fourth-order valence-electron chi connectivity index (χ4n) is 7.28. The summed E-state index contributed by atoms with van der Waals surface area (Å²) in [6, 6.07) is 38.6. The number of rotatable bonds is 33. The molecular weight excluding hydrogens is 971 g/mol. The highest BCUT2D eigenvalue weighted by atomic mass is 31.2. The van der Waals surface area contributed by atoms with Crippen LogP contribution in [0.2, 0.25) is 0 Å². The van der Waals surface area contributed by atoms with Gasteiger partial charge in [0, 0.05) is 37.4 Å². The lowest BCUT2D eigenvalue weighted by Crippen LogP contribution is -2.43. The number of unbranched alkanes of at least 4 members (excludes halogenated alkanes) is 2. The van der Waals surface area contributed by atoms with Crippen LogP contribution in [0.1, 0.15) is 104 Å². The molecule has 18 heteroatoms. The van der Waals surface area contributed by atoms with Crippen LogP contribution < -0.4 is 21.0 Å². The van der Waals surface area contributed by atoms with E-state index in [0.29, 0.717) is 49.8 Å². The van der Waals surface area contributed by atoms with Crippen LogP contribution in [0.15, 0.2) is 146 Å². The van der Waals surface area contributed by atoms with E-state index in [4.69, 9.17) is 23.3 Å². The number of halogens is 1. The Morgan fingerprint density at radius 2 is 1.01 bits per heavy atom. The van der Waals surface area contributed by atoms with Crippen molar-refractivity contribution in [1.82, 2.24) is 21.0 Å². The molecule has 0 bridgehead atoms. The zero-order chi connectivity index (χ0) is 52.8. The van der Waals surface area contributed by atoms with Crippen molar-refractivity contribution in [2.45, 2.75) is 116 Å². The Bertz CT molecular complexity index is 2540. The Hall–Kier alpha value is -7.04. The van der Waals surface area contributed by atoms with E-state index in [-0.39, 0.29) is 77.0 Å². The van der Waals surface area contributed by atoms with Crippen LogP contribution in [-0.4, -0.2) is 66.9 Å². The van der Waals surface area contributed by atoms with Gasteiger partial charge in [0.25, 0.3) is 5.91 Å². The molecule has 0 fully saturated rings. The van der Waals surface area contributed by atoms with Crippen molar-refractivity contribution in [3.05, 3.63) is 179 Å². The van der Waals surface area contributed by atoms with E-state index in [1.165, 1.54) is 24.3 Å². The Balaban J connectivity index is 1.12. The van der Waals surface area contributed by atoms with Crippen LogP contribution in [-0.2, 0) is 78.2 Å². The molecule has 5 aromatic carbocycles. The summed E-state index contributed by atoms with van der Waals surface area (Å²) in [5.74, 6) is -3.59. The molecule has 4 unspecified atom stereocenters. The van der Waals surface area contributed by atoms with Gasteiger partial charge in [0.15, 0.2) is 0 Å². The van der Waals surface area contributed by atoms with Crippen molar-refractivity contribution >= 4 is 43.4 Å². The van der Waals surface area contributed by atoms with Crippen LogP contribution in [0, 0.1) is 5.82 Å². The number of nitrogens with one attached hydrogen (secondary N) is 4. The summed E-state index contributed by atoms with van der Waals surface area (Å²) in [4.78, 5) is 78.3. The molecule has 394 valence electrons. The first-order chi connectivity index (χ1) is 35.8. The number of benzene rings is 5. The molecule has 4 N–H and O–H groups in total.